The average Bonchev–Trinajstić information content (AvgIpc) is 2.50. The van der Waals surface area contributed by atoms with Crippen LogP contribution in [0.3, 0.4) is 0 Å². The van der Waals surface area contributed by atoms with Gasteiger partial charge in [-0.15, -0.1) is 0 Å². The van der Waals surface area contributed by atoms with E-state index < -0.39 is 0 Å². The molecule has 0 bridgehead atoms. The molecular formula is C18H21Cl2N. The summed E-state index contributed by atoms with van der Waals surface area (Å²) in [5.41, 5.74) is 2.50. The predicted octanol–water partition coefficient (Wildman–Crippen LogP) is 6.19. The Kier molecular flexibility index (Phi) is 6.10. The maximum Gasteiger partial charge on any atom is 0.0409 e. The highest BCUT2D eigenvalue weighted by molar-refractivity contribution is 6.30. The highest BCUT2D eigenvalue weighted by atomic mass is 35.5. The molecule has 1 nitrogen and oxygen atoms in total. The Hall–Kier alpha value is -1.02. The van der Waals surface area contributed by atoms with Crippen molar-refractivity contribution in [3.63, 3.8) is 0 Å². The number of halogens is 2. The number of rotatable bonds is 6. The summed E-state index contributed by atoms with van der Waals surface area (Å²) < 4.78 is 0. The van der Waals surface area contributed by atoms with E-state index in [1.807, 2.05) is 30.3 Å². The summed E-state index contributed by atoms with van der Waals surface area (Å²) in [7, 11) is 0. The third-order valence-electron chi connectivity index (χ3n) is 3.74. The molecule has 112 valence electrons. The van der Waals surface area contributed by atoms with Crippen LogP contribution in [0.2, 0.25) is 10.0 Å². The lowest BCUT2D eigenvalue weighted by molar-refractivity contribution is 0.426. The smallest absolute Gasteiger partial charge is 0.0409 e. The number of nitrogens with one attached hydrogen (secondary N) is 1. The summed E-state index contributed by atoms with van der Waals surface area (Å²) in [6.07, 6.45) is 2.04. The van der Waals surface area contributed by atoms with Crippen molar-refractivity contribution in [1.82, 2.24) is 5.32 Å². The van der Waals surface area contributed by atoms with Crippen molar-refractivity contribution < 1.29 is 0 Å². The van der Waals surface area contributed by atoms with Gasteiger partial charge in [0.2, 0.25) is 0 Å². The molecule has 2 unspecified atom stereocenters. The molecule has 0 aliphatic carbocycles. The standard InChI is InChI=1S/C18H21Cl2N/c1-3-17(13-8-10-15(19)11-9-13)21-18(4-2)14-6-5-7-16(20)12-14/h5-12,17-18,21H,3-4H2,1-2H3. The molecule has 3 heteroatoms. The lowest BCUT2D eigenvalue weighted by Gasteiger charge is -2.25. The van der Waals surface area contributed by atoms with Gasteiger partial charge in [0, 0.05) is 22.1 Å². The Bertz CT molecular complexity index is 566. The van der Waals surface area contributed by atoms with Gasteiger partial charge < -0.3 is 5.32 Å². The lowest BCUT2D eigenvalue weighted by atomic mass is 9.99. The van der Waals surface area contributed by atoms with Crippen molar-refractivity contribution in [2.24, 2.45) is 0 Å². The van der Waals surface area contributed by atoms with E-state index in [2.05, 4.69) is 37.4 Å². The van der Waals surface area contributed by atoms with Gasteiger partial charge in [-0.05, 0) is 48.2 Å². The van der Waals surface area contributed by atoms with Crippen LogP contribution in [-0.2, 0) is 0 Å². The quantitative estimate of drug-likeness (QED) is 0.669. The Morgan fingerprint density at radius 2 is 1.43 bits per heavy atom. The molecule has 0 saturated carbocycles. The first-order valence-electron chi connectivity index (χ1n) is 7.41. The van der Waals surface area contributed by atoms with Crippen LogP contribution in [0.4, 0.5) is 0 Å². The monoisotopic (exact) mass is 321 g/mol. The zero-order chi connectivity index (χ0) is 15.2. The van der Waals surface area contributed by atoms with Gasteiger partial charge >= 0.3 is 0 Å². The molecule has 1 N–H and O–H groups in total. The summed E-state index contributed by atoms with van der Waals surface area (Å²) >= 11 is 12.1. The Morgan fingerprint density at radius 3 is 2.00 bits per heavy atom. The first kappa shape index (κ1) is 16.4. The second kappa shape index (κ2) is 7.84. The van der Waals surface area contributed by atoms with Crippen molar-refractivity contribution in [2.45, 2.75) is 38.8 Å². The third-order valence-corrected chi connectivity index (χ3v) is 4.23. The molecule has 0 spiro atoms. The van der Waals surface area contributed by atoms with Gasteiger partial charge in [-0.1, -0.05) is 61.3 Å². The molecule has 0 aliphatic rings. The van der Waals surface area contributed by atoms with Crippen molar-refractivity contribution in [2.75, 3.05) is 0 Å². The van der Waals surface area contributed by atoms with Crippen LogP contribution in [0.1, 0.15) is 49.9 Å². The molecule has 2 rings (SSSR count). The maximum atomic E-state index is 6.11. The summed E-state index contributed by atoms with van der Waals surface area (Å²) in [4.78, 5) is 0. The molecule has 0 radical (unpaired) electrons. The minimum atomic E-state index is 0.296. The summed E-state index contributed by atoms with van der Waals surface area (Å²) in [6.45, 7) is 4.38. The van der Waals surface area contributed by atoms with E-state index in [1.165, 1.54) is 11.1 Å². The summed E-state index contributed by atoms with van der Waals surface area (Å²) in [5.74, 6) is 0. The average molecular weight is 322 g/mol. The Morgan fingerprint density at radius 1 is 0.810 bits per heavy atom. The van der Waals surface area contributed by atoms with Crippen LogP contribution in [0.5, 0.6) is 0 Å². The lowest BCUT2D eigenvalue weighted by Crippen LogP contribution is -2.25. The molecule has 0 aromatic heterocycles. The van der Waals surface area contributed by atoms with E-state index in [0.717, 1.165) is 22.9 Å². The van der Waals surface area contributed by atoms with Crippen molar-refractivity contribution in [1.29, 1.82) is 0 Å². The van der Waals surface area contributed by atoms with Crippen molar-refractivity contribution in [3.8, 4) is 0 Å². The van der Waals surface area contributed by atoms with E-state index in [4.69, 9.17) is 23.2 Å². The van der Waals surface area contributed by atoms with Crippen LogP contribution >= 0.6 is 23.2 Å². The van der Waals surface area contributed by atoms with Crippen molar-refractivity contribution >= 4 is 23.2 Å². The van der Waals surface area contributed by atoms with Gasteiger partial charge in [-0.3, -0.25) is 0 Å². The molecule has 2 aromatic rings. The Balaban J connectivity index is 2.17. The van der Waals surface area contributed by atoms with Gasteiger partial charge in [0.1, 0.15) is 0 Å². The fourth-order valence-corrected chi connectivity index (χ4v) is 2.89. The van der Waals surface area contributed by atoms with E-state index in [0.29, 0.717) is 12.1 Å². The molecule has 2 atom stereocenters. The molecule has 0 heterocycles. The van der Waals surface area contributed by atoms with E-state index in [1.54, 1.807) is 0 Å². The first-order valence-corrected chi connectivity index (χ1v) is 8.16. The molecule has 0 fully saturated rings. The molecular weight excluding hydrogens is 301 g/mol. The number of benzene rings is 2. The normalized spacial score (nSPS) is 13.9. The highest BCUT2D eigenvalue weighted by Crippen LogP contribution is 2.26. The number of hydrogen-bond donors (Lipinski definition) is 1. The minimum absolute atomic E-state index is 0.296. The van der Waals surface area contributed by atoms with Crippen LogP contribution in [0, 0.1) is 0 Å². The maximum absolute atomic E-state index is 6.11. The van der Waals surface area contributed by atoms with Crippen LogP contribution in [0.15, 0.2) is 48.5 Å². The SMILES string of the molecule is CCC(NC(CC)c1cccc(Cl)c1)c1ccc(Cl)cc1. The molecule has 0 aliphatic heterocycles. The minimum Gasteiger partial charge on any atom is -0.303 e. The first-order chi connectivity index (χ1) is 10.1. The van der Waals surface area contributed by atoms with E-state index in [9.17, 15) is 0 Å². The van der Waals surface area contributed by atoms with Crippen LogP contribution < -0.4 is 5.32 Å². The summed E-state index contributed by atoms with van der Waals surface area (Å²) in [6, 6.07) is 16.8. The fraction of sp³-hybridized carbons (Fsp3) is 0.333. The van der Waals surface area contributed by atoms with E-state index >= 15 is 0 Å². The zero-order valence-electron chi connectivity index (χ0n) is 12.4. The van der Waals surface area contributed by atoms with Gasteiger partial charge in [-0.2, -0.15) is 0 Å². The zero-order valence-corrected chi connectivity index (χ0v) is 14.0. The predicted molar refractivity (Wildman–Crippen MR) is 92.1 cm³/mol. The molecule has 2 aromatic carbocycles. The van der Waals surface area contributed by atoms with Gasteiger partial charge in [0.25, 0.3) is 0 Å². The Labute approximate surface area is 137 Å². The third kappa shape index (κ3) is 4.47. The second-order valence-corrected chi connectivity index (χ2v) is 6.07. The van der Waals surface area contributed by atoms with Gasteiger partial charge in [0.15, 0.2) is 0 Å². The van der Waals surface area contributed by atoms with Gasteiger partial charge in [-0.25, -0.2) is 0 Å². The number of hydrogen-bond acceptors (Lipinski definition) is 1. The van der Waals surface area contributed by atoms with Crippen molar-refractivity contribution in [3.05, 3.63) is 69.7 Å². The molecule has 0 saturated heterocycles. The largest absolute Gasteiger partial charge is 0.303 e. The highest BCUT2D eigenvalue weighted by Gasteiger charge is 2.16. The van der Waals surface area contributed by atoms with E-state index in [-0.39, 0.29) is 0 Å². The van der Waals surface area contributed by atoms with Crippen LogP contribution in [-0.4, -0.2) is 0 Å². The van der Waals surface area contributed by atoms with Crippen LogP contribution in [0.25, 0.3) is 0 Å². The fourth-order valence-electron chi connectivity index (χ4n) is 2.56. The van der Waals surface area contributed by atoms with Gasteiger partial charge in [0.05, 0.1) is 0 Å². The molecule has 0 amide bonds. The topological polar surface area (TPSA) is 12.0 Å². The second-order valence-electron chi connectivity index (χ2n) is 5.19. The summed E-state index contributed by atoms with van der Waals surface area (Å²) in [5, 5.41) is 5.29. The molecule has 21 heavy (non-hydrogen) atoms.